The van der Waals surface area contributed by atoms with Crippen molar-refractivity contribution in [3.8, 4) is 0 Å². The maximum Gasteiger partial charge on any atom is 0.410 e. The monoisotopic (exact) mass is 323 g/mol. The van der Waals surface area contributed by atoms with Gasteiger partial charge in [0, 0.05) is 13.1 Å². The van der Waals surface area contributed by atoms with Gasteiger partial charge in [-0.15, -0.1) is 0 Å². The number of ether oxygens (including phenoxy) is 1. The normalized spacial score (nSPS) is 21.8. The first-order valence-electron chi connectivity index (χ1n) is 7.61. The predicted octanol–water partition coefficient (Wildman–Crippen LogP) is 3.18. The molecule has 126 valence electrons. The van der Waals surface area contributed by atoms with Crippen LogP contribution in [0, 0.1) is 5.82 Å². The maximum atomic E-state index is 13.5. The van der Waals surface area contributed by atoms with Crippen LogP contribution in [0.3, 0.4) is 0 Å². The van der Waals surface area contributed by atoms with Gasteiger partial charge in [0.25, 0.3) is 0 Å². The maximum absolute atomic E-state index is 13.5. The molecule has 1 aromatic rings. The molecule has 2 rings (SSSR count). The number of carbonyl (C=O) groups is 2. The Morgan fingerprint density at radius 2 is 2.04 bits per heavy atom. The third kappa shape index (κ3) is 3.81. The summed E-state index contributed by atoms with van der Waals surface area (Å²) >= 11 is 0. The molecule has 0 aliphatic carbocycles. The molecule has 0 bridgehead atoms. The van der Waals surface area contributed by atoms with E-state index in [1.165, 1.54) is 23.1 Å². The molecule has 1 aliphatic heterocycles. The summed E-state index contributed by atoms with van der Waals surface area (Å²) in [4.78, 5) is 25.6. The number of piperidine rings is 1. The molecule has 23 heavy (non-hydrogen) atoms. The third-order valence-corrected chi connectivity index (χ3v) is 3.93. The fourth-order valence-electron chi connectivity index (χ4n) is 2.86. The van der Waals surface area contributed by atoms with Gasteiger partial charge in [0.15, 0.2) is 0 Å². The number of hydrogen-bond donors (Lipinski definition) is 1. The summed E-state index contributed by atoms with van der Waals surface area (Å²) in [6, 6.07) is 5.58. The van der Waals surface area contributed by atoms with E-state index in [2.05, 4.69) is 0 Å². The summed E-state index contributed by atoms with van der Waals surface area (Å²) in [6.45, 7) is 5.67. The topological polar surface area (TPSA) is 66.8 Å². The van der Waals surface area contributed by atoms with Crippen molar-refractivity contribution in [1.82, 2.24) is 4.90 Å². The number of carboxylic acids is 1. The molecular weight excluding hydrogens is 301 g/mol. The second kappa shape index (κ2) is 6.18. The lowest BCUT2D eigenvalue weighted by atomic mass is 9.74. The first-order valence-corrected chi connectivity index (χ1v) is 7.61. The molecule has 1 N–H and O–H groups in total. The lowest BCUT2D eigenvalue weighted by Gasteiger charge is -2.40. The van der Waals surface area contributed by atoms with Crippen molar-refractivity contribution in [2.24, 2.45) is 0 Å². The van der Waals surface area contributed by atoms with E-state index < -0.39 is 28.9 Å². The van der Waals surface area contributed by atoms with E-state index in [0.717, 1.165) is 0 Å². The molecule has 0 spiro atoms. The zero-order valence-corrected chi connectivity index (χ0v) is 13.6. The van der Waals surface area contributed by atoms with Gasteiger partial charge < -0.3 is 14.7 Å². The zero-order chi connectivity index (χ0) is 17.3. The highest BCUT2D eigenvalue weighted by Crippen LogP contribution is 2.35. The number of halogens is 1. The Morgan fingerprint density at radius 3 is 2.61 bits per heavy atom. The van der Waals surface area contributed by atoms with Crippen molar-refractivity contribution in [1.29, 1.82) is 0 Å². The number of nitrogens with zero attached hydrogens (tertiary/aromatic N) is 1. The molecule has 1 atom stereocenters. The van der Waals surface area contributed by atoms with Gasteiger partial charge in [-0.05, 0) is 51.3 Å². The number of benzene rings is 1. The summed E-state index contributed by atoms with van der Waals surface area (Å²) < 4.78 is 18.9. The highest BCUT2D eigenvalue weighted by molar-refractivity contribution is 5.83. The number of amides is 1. The van der Waals surface area contributed by atoms with E-state index in [0.29, 0.717) is 24.9 Å². The number of rotatable bonds is 2. The van der Waals surface area contributed by atoms with Gasteiger partial charge in [0.1, 0.15) is 16.8 Å². The lowest BCUT2D eigenvalue weighted by Crippen LogP contribution is -2.53. The van der Waals surface area contributed by atoms with Crippen molar-refractivity contribution in [2.75, 3.05) is 13.1 Å². The number of likely N-dealkylation sites (tertiary alicyclic amines) is 1. The Morgan fingerprint density at radius 1 is 1.35 bits per heavy atom. The molecule has 1 fully saturated rings. The summed E-state index contributed by atoms with van der Waals surface area (Å²) in [5.41, 5.74) is -1.59. The molecule has 1 unspecified atom stereocenters. The van der Waals surface area contributed by atoms with Crippen molar-refractivity contribution >= 4 is 12.1 Å². The molecule has 1 heterocycles. The number of carboxylic acid groups (broad SMARTS) is 1. The number of hydrogen-bond acceptors (Lipinski definition) is 3. The van der Waals surface area contributed by atoms with Gasteiger partial charge in [0.05, 0.1) is 0 Å². The molecule has 6 heteroatoms. The molecule has 0 saturated carbocycles. The average molecular weight is 323 g/mol. The third-order valence-electron chi connectivity index (χ3n) is 3.93. The van der Waals surface area contributed by atoms with Crippen LogP contribution in [-0.4, -0.2) is 40.8 Å². The Labute approximate surface area is 135 Å². The highest BCUT2D eigenvalue weighted by Gasteiger charge is 2.46. The standard InChI is InChI=1S/C17H22FNO4/c1-16(2,3)23-15(22)19-9-5-8-17(11-19,14(20)21)12-6-4-7-13(18)10-12/h4,6-7,10H,5,8-9,11H2,1-3H3,(H,20,21). The van der Waals surface area contributed by atoms with E-state index in [-0.39, 0.29) is 6.54 Å². The van der Waals surface area contributed by atoms with Gasteiger partial charge >= 0.3 is 12.1 Å². The van der Waals surface area contributed by atoms with Crippen molar-refractivity contribution < 1.29 is 23.8 Å². The Bertz CT molecular complexity index is 611. The minimum Gasteiger partial charge on any atom is -0.481 e. The van der Waals surface area contributed by atoms with E-state index in [1.54, 1.807) is 26.8 Å². The number of carbonyl (C=O) groups excluding carboxylic acids is 1. The van der Waals surface area contributed by atoms with Crippen LogP contribution in [0.25, 0.3) is 0 Å². The Kier molecular flexibility index (Phi) is 4.63. The van der Waals surface area contributed by atoms with Crippen LogP contribution in [0.15, 0.2) is 24.3 Å². The lowest BCUT2D eigenvalue weighted by molar-refractivity contribution is -0.146. The SMILES string of the molecule is CC(C)(C)OC(=O)N1CCCC(C(=O)O)(c2cccc(F)c2)C1. The minimum absolute atomic E-state index is 0.0271. The Balaban J connectivity index is 2.31. The molecule has 0 aromatic heterocycles. The van der Waals surface area contributed by atoms with Crippen LogP contribution in [0.2, 0.25) is 0 Å². The summed E-state index contributed by atoms with van der Waals surface area (Å²) in [5, 5.41) is 9.76. The van der Waals surface area contributed by atoms with Gasteiger partial charge in [-0.3, -0.25) is 4.79 Å². The summed E-state index contributed by atoms with van der Waals surface area (Å²) in [6.07, 6.45) is 0.326. The van der Waals surface area contributed by atoms with Crippen molar-refractivity contribution in [3.05, 3.63) is 35.6 Å². The fourth-order valence-corrected chi connectivity index (χ4v) is 2.86. The molecule has 1 saturated heterocycles. The first-order chi connectivity index (χ1) is 10.6. The van der Waals surface area contributed by atoms with Crippen molar-refractivity contribution in [2.45, 2.75) is 44.6 Å². The highest BCUT2D eigenvalue weighted by atomic mass is 19.1. The van der Waals surface area contributed by atoms with E-state index in [1.807, 2.05) is 0 Å². The smallest absolute Gasteiger partial charge is 0.410 e. The minimum atomic E-state index is -1.31. The van der Waals surface area contributed by atoms with E-state index in [9.17, 15) is 19.1 Å². The Hall–Kier alpha value is -2.11. The van der Waals surface area contributed by atoms with Gasteiger partial charge in [-0.1, -0.05) is 12.1 Å². The molecule has 1 aliphatic rings. The van der Waals surface area contributed by atoms with Crippen LogP contribution in [0.5, 0.6) is 0 Å². The van der Waals surface area contributed by atoms with Crippen LogP contribution in [-0.2, 0) is 14.9 Å². The van der Waals surface area contributed by atoms with Crippen LogP contribution in [0.4, 0.5) is 9.18 Å². The number of aliphatic carboxylic acids is 1. The second-order valence-electron chi connectivity index (χ2n) is 6.90. The fraction of sp³-hybridized carbons (Fsp3) is 0.529. The largest absolute Gasteiger partial charge is 0.481 e. The van der Waals surface area contributed by atoms with Crippen LogP contribution in [0.1, 0.15) is 39.2 Å². The molecule has 0 radical (unpaired) electrons. The second-order valence-corrected chi connectivity index (χ2v) is 6.90. The summed E-state index contributed by atoms with van der Waals surface area (Å²) in [7, 11) is 0. The summed E-state index contributed by atoms with van der Waals surface area (Å²) in [5.74, 6) is -1.55. The van der Waals surface area contributed by atoms with Gasteiger partial charge in [-0.25, -0.2) is 9.18 Å². The zero-order valence-electron chi connectivity index (χ0n) is 13.6. The molecule has 1 amide bonds. The quantitative estimate of drug-likeness (QED) is 0.908. The predicted molar refractivity (Wildman–Crippen MR) is 82.8 cm³/mol. The molecule has 5 nitrogen and oxygen atoms in total. The first kappa shape index (κ1) is 17.2. The van der Waals surface area contributed by atoms with Crippen LogP contribution < -0.4 is 0 Å². The molecular formula is C17H22FNO4. The molecule has 1 aromatic carbocycles. The van der Waals surface area contributed by atoms with Gasteiger partial charge in [0.2, 0.25) is 0 Å². The van der Waals surface area contributed by atoms with E-state index >= 15 is 0 Å². The average Bonchev–Trinajstić information content (AvgIpc) is 2.45. The van der Waals surface area contributed by atoms with E-state index in [4.69, 9.17) is 4.74 Å². The van der Waals surface area contributed by atoms with Gasteiger partial charge in [-0.2, -0.15) is 0 Å². The van der Waals surface area contributed by atoms with Crippen molar-refractivity contribution in [3.63, 3.8) is 0 Å². The van der Waals surface area contributed by atoms with Crippen LogP contribution >= 0.6 is 0 Å².